The first-order chi connectivity index (χ1) is 14.3. The van der Waals surface area contributed by atoms with Crippen LogP contribution in [0.2, 0.25) is 0 Å². The van der Waals surface area contributed by atoms with E-state index in [1.807, 2.05) is 0 Å². The monoisotopic (exact) mass is 436 g/mol. The van der Waals surface area contributed by atoms with Gasteiger partial charge in [0.1, 0.15) is 0 Å². The van der Waals surface area contributed by atoms with Crippen LogP contribution in [0.4, 0.5) is 10.7 Å². The first-order valence-electron chi connectivity index (χ1n) is 8.15. The van der Waals surface area contributed by atoms with Crippen LogP contribution in [-0.4, -0.2) is 61.9 Å². The number of sulfonamides is 1. The van der Waals surface area contributed by atoms with Gasteiger partial charge in [-0.3, -0.25) is 10.4 Å². The number of rotatable bonds is 6. The summed E-state index contributed by atoms with van der Waals surface area (Å²) < 4.78 is 41.8. The molecule has 0 aliphatic carbocycles. The molecule has 0 aliphatic rings. The number of hydrogen-bond donors (Lipinski definition) is 3. The molecule has 0 saturated carbocycles. The Morgan fingerprint density at radius 2 is 1.73 bits per heavy atom. The maximum Gasteiger partial charge on any atom is 0.338 e. The Hall–Kier alpha value is -3.94. The average molecular weight is 436 g/mol. The summed E-state index contributed by atoms with van der Waals surface area (Å²) in [6, 6.07) is 4.58. The molecule has 0 aliphatic heterocycles. The topological polar surface area (TPSA) is 174 Å². The Morgan fingerprint density at radius 1 is 1.07 bits per heavy atom. The molecule has 3 aromatic rings. The second-order valence-corrected chi connectivity index (χ2v) is 7.20. The van der Waals surface area contributed by atoms with E-state index >= 15 is 0 Å². The van der Waals surface area contributed by atoms with E-state index in [2.05, 4.69) is 30.2 Å². The molecular formula is C16H16N6O7S. The van der Waals surface area contributed by atoms with Crippen molar-refractivity contribution < 1.29 is 32.2 Å². The van der Waals surface area contributed by atoms with E-state index in [0.717, 1.165) is 7.11 Å². The maximum absolute atomic E-state index is 12.7. The fraction of sp³-hybridized carbons (Fsp3) is 0.188. The summed E-state index contributed by atoms with van der Waals surface area (Å²) in [5.74, 6) is -0.854. The van der Waals surface area contributed by atoms with Crippen LogP contribution in [0.1, 0.15) is 10.4 Å². The summed E-state index contributed by atoms with van der Waals surface area (Å²) in [4.78, 5) is 32.0. The lowest BCUT2D eigenvalue weighted by atomic mass is 10.1. The molecule has 0 radical (unpaired) electrons. The van der Waals surface area contributed by atoms with Gasteiger partial charge in [0.15, 0.2) is 5.03 Å². The van der Waals surface area contributed by atoms with E-state index in [-0.39, 0.29) is 34.2 Å². The second-order valence-electron chi connectivity index (χ2n) is 5.58. The SMILES string of the molecule is COC(=O)c1cccc2n[nH]c(S(=O)(=O)NC(=O)Nc3nc(OC)cc(OC)n3)c12. The van der Waals surface area contributed by atoms with Crippen LogP contribution in [0, 0.1) is 0 Å². The van der Waals surface area contributed by atoms with Gasteiger partial charge in [0.25, 0.3) is 10.0 Å². The number of aromatic nitrogens is 4. The number of methoxy groups -OCH3 is 3. The van der Waals surface area contributed by atoms with Crippen molar-refractivity contribution in [3.05, 3.63) is 29.8 Å². The molecule has 1 aromatic carbocycles. The molecule has 3 rings (SSSR count). The van der Waals surface area contributed by atoms with Crippen LogP contribution in [0.15, 0.2) is 29.3 Å². The lowest BCUT2D eigenvalue weighted by Crippen LogP contribution is -2.35. The van der Waals surface area contributed by atoms with Crippen LogP contribution in [0.5, 0.6) is 11.8 Å². The number of ether oxygens (including phenoxy) is 3. The lowest BCUT2D eigenvalue weighted by molar-refractivity contribution is 0.0603. The van der Waals surface area contributed by atoms with Crippen molar-refractivity contribution in [3.63, 3.8) is 0 Å². The van der Waals surface area contributed by atoms with Gasteiger partial charge >= 0.3 is 12.0 Å². The molecule has 2 amide bonds. The molecule has 0 spiro atoms. The molecule has 158 valence electrons. The fourth-order valence-corrected chi connectivity index (χ4v) is 3.53. The Bertz CT molecular complexity index is 1200. The molecule has 0 bridgehead atoms. The molecular weight excluding hydrogens is 420 g/mol. The van der Waals surface area contributed by atoms with Crippen molar-refractivity contribution >= 4 is 38.9 Å². The number of aromatic amines is 1. The van der Waals surface area contributed by atoms with Gasteiger partial charge in [0, 0.05) is 0 Å². The Labute approximate surface area is 169 Å². The number of anilines is 1. The van der Waals surface area contributed by atoms with Gasteiger partial charge in [0.2, 0.25) is 17.7 Å². The zero-order valence-electron chi connectivity index (χ0n) is 15.9. The van der Waals surface area contributed by atoms with E-state index in [1.54, 1.807) is 4.72 Å². The summed E-state index contributed by atoms with van der Waals surface area (Å²) in [7, 11) is -0.617. The van der Waals surface area contributed by atoms with Crippen LogP contribution in [-0.2, 0) is 14.8 Å². The number of hydrogen-bond acceptors (Lipinski definition) is 10. The lowest BCUT2D eigenvalue weighted by Gasteiger charge is -2.09. The van der Waals surface area contributed by atoms with Gasteiger partial charge in [-0.2, -0.15) is 23.5 Å². The highest BCUT2D eigenvalue weighted by molar-refractivity contribution is 7.90. The molecule has 14 heteroatoms. The van der Waals surface area contributed by atoms with Crippen molar-refractivity contribution in [1.82, 2.24) is 24.9 Å². The standard InChI is InChI=1S/C16H16N6O7S/c1-27-10-7-11(28-2)18-15(17-10)19-16(24)22-30(25,26)13-12-8(14(23)29-3)5-4-6-9(12)20-21-13/h4-7H,1-3H3,(H,20,21)(H2,17,18,19,22,24). The minimum absolute atomic E-state index is 0.0241. The molecule has 0 unspecified atom stereocenters. The Morgan fingerprint density at radius 3 is 2.33 bits per heavy atom. The minimum atomic E-state index is -4.46. The van der Waals surface area contributed by atoms with Gasteiger partial charge in [-0.1, -0.05) is 6.07 Å². The average Bonchev–Trinajstić information content (AvgIpc) is 3.17. The maximum atomic E-state index is 12.7. The van der Waals surface area contributed by atoms with Crippen molar-refractivity contribution in [2.24, 2.45) is 0 Å². The summed E-state index contributed by atoms with van der Waals surface area (Å²) in [5, 5.41) is 7.83. The minimum Gasteiger partial charge on any atom is -0.481 e. The normalized spacial score (nSPS) is 11.0. The summed E-state index contributed by atoms with van der Waals surface area (Å²) in [6.45, 7) is 0. The third kappa shape index (κ3) is 4.07. The molecule has 3 N–H and O–H groups in total. The first kappa shape index (κ1) is 20.8. The zero-order valence-corrected chi connectivity index (χ0v) is 16.7. The number of nitrogens with one attached hydrogen (secondary N) is 3. The predicted molar refractivity (Wildman–Crippen MR) is 102 cm³/mol. The largest absolute Gasteiger partial charge is 0.481 e. The van der Waals surface area contributed by atoms with Crippen molar-refractivity contribution in [2.45, 2.75) is 5.03 Å². The fourth-order valence-electron chi connectivity index (χ4n) is 2.48. The number of nitrogens with zero attached hydrogens (tertiary/aromatic N) is 3. The summed E-state index contributed by atoms with van der Waals surface area (Å²) >= 11 is 0. The molecule has 2 aromatic heterocycles. The van der Waals surface area contributed by atoms with Crippen LogP contribution in [0.3, 0.4) is 0 Å². The highest BCUT2D eigenvalue weighted by Gasteiger charge is 2.27. The number of fused-ring (bicyclic) bond motifs is 1. The Balaban J connectivity index is 1.90. The highest BCUT2D eigenvalue weighted by Crippen LogP contribution is 2.25. The van der Waals surface area contributed by atoms with E-state index < -0.39 is 27.0 Å². The van der Waals surface area contributed by atoms with E-state index in [0.29, 0.717) is 0 Å². The van der Waals surface area contributed by atoms with Gasteiger partial charge < -0.3 is 14.2 Å². The number of benzene rings is 1. The van der Waals surface area contributed by atoms with Crippen LogP contribution in [0.25, 0.3) is 10.9 Å². The smallest absolute Gasteiger partial charge is 0.338 e. The molecule has 0 saturated heterocycles. The Kier molecular flexibility index (Phi) is 5.68. The third-order valence-corrected chi connectivity index (χ3v) is 5.06. The van der Waals surface area contributed by atoms with Gasteiger partial charge in [-0.25, -0.2) is 14.3 Å². The summed E-state index contributed by atoms with van der Waals surface area (Å²) in [5.41, 5.74) is 0.157. The predicted octanol–water partition coefficient (Wildman–Crippen LogP) is 0.667. The molecule has 0 fully saturated rings. The van der Waals surface area contributed by atoms with Crippen molar-refractivity contribution in [1.29, 1.82) is 0 Å². The van der Waals surface area contributed by atoms with Crippen LogP contribution < -0.4 is 19.5 Å². The number of esters is 1. The van der Waals surface area contributed by atoms with E-state index in [4.69, 9.17) is 9.47 Å². The van der Waals surface area contributed by atoms with E-state index in [9.17, 15) is 18.0 Å². The molecule has 2 heterocycles. The number of urea groups is 1. The highest BCUT2D eigenvalue weighted by atomic mass is 32.2. The van der Waals surface area contributed by atoms with Crippen molar-refractivity contribution in [2.75, 3.05) is 26.6 Å². The van der Waals surface area contributed by atoms with Gasteiger partial charge in [-0.15, -0.1) is 0 Å². The number of carbonyl (C=O) groups excluding carboxylic acids is 2. The number of H-pyrrole nitrogens is 1. The quantitative estimate of drug-likeness (QED) is 0.466. The van der Waals surface area contributed by atoms with Gasteiger partial charge in [0.05, 0.1) is 43.9 Å². The second kappa shape index (κ2) is 8.20. The molecule has 13 nitrogen and oxygen atoms in total. The number of amides is 2. The third-order valence-electron chi connectivity index (χ3n) is 3.77. The zero-order chi connectivity index (χ0) is 21.9. The van der Waals surface area contributed by atoms with Crippen molar-refractivity contribution in [3.8, 4) is 11.8 Å². The van der Waals surface area contributed by atoms with Crippen LogP contribution >= 0.6 is 0 Å². The molecule has 30 heavy (non-hydrogen) atoms. The van der Waals surface area contributed by atoms with E-state index in [1.165, 1.54) is 38.5 Å². The molecule has 0 atom stereocenters. The summed E-state index contributed by atoms with van der Waals surface area (Å²) in [6.07, 6.45) is 0. The van der Waals surface area contributed by atoms with Gasteiger partial charge in [-0.05, 0) is 12.1 Å². The first-order valence-corrected chi connectivity index (χ1v) is 9.63. The number of carbonyl (C=O) groups is 2.